The number of nitro groups is 1. The summed E-state index contributed by atoms with van der Waals surface area (Å²) in [6, 6.07) is 9.79. The van der Waals surface area contributed by atoms with Crippen molar-refractivity contribution in [1.82, 2.24) is 10.6 Å². The molecule has 10 heteroatoms. The van der Waals surface area contributed by atoms with E-state index in [4.69, 9.17) is 9.47 Å². The highest BCUT2D eigenvalue weighted by atomic mass is 16.6. The Kier molecular flexibility index (Phi) is 5.54. The topological polar surface area (TPSA) is 137 Å². The van der Waals surface area contributed by atoms with Gasteiger partial charge in [0.2, 0.25) is 0 Å². The molecular formula is C19H15N3O7. The van der Waals surface area contributed by atoms with Crippen LogP contribution in [-0.4, -0.2) is 29.9 Å². The molecule has 1 aliphatic rings. The van der Waals surface area contributed by atoms with E-state index in [1.54, 1.807) is 30.3 Å². The average Bonchev–Trinajstić information content (AvgIpc) is 2.69. The highest BCUT2D eigenvalue weighted by molar-refractivity contribution is 6.31. The summed E-state index contributed by atoms with van der Waals surface area (Å²) in [7, 11) is 1.46. The lowest BCUT2D eigenvalue weighted by Crippen LogP contribution is -2.51. The Morgan fingerprint density at radius 1 is 1.00 bits per heavy atom. The zero-order valence-corrected chi connectivity index (χ0v) is 15.1. The maximum atomic E-state index is 11.8. The Morgan fingerprint density at radius 3 is 2.24 bits per heavy atom. The van der Waals surface area contributed by atoms with E-state index in [0.29, 0.717) is 22.6 Å². The number of hydrogen-bond donors (Lipinski definition) is 2. The minimum Gasteiger partial charge on any atom is -0.493 e. The monoisotopic (exact) mass is 397 g/mol. The molecule has 1 aliphatic heterocycles. The number of nitro benzene ring substituents is 1. The molecule has 10 nitrogen and oxygen atoms in total. The van der Waals surface area contributed by atoms with E-state index in [2.05, 4.69) is 0 Å². The Labute approximate surface area is 164 Å². The van der Waals surface area contributed by atoms with Gasteiger partial charge in [-0.2, -0.15) is 0 Å². The molecule has 0 bridgehead atoms. The molecule has 29 heavy (non-hydrogen) atoms. The summed E-state index contributed by atoms with van der Waals surface area (Å²) >= 11 is 0. The van der Waals surface area contributed by atoms with Gasteiger partial charge in [0.15, 0.2) is 11.5 Å². The van der Waals surface area contributed by atoms with Gasteiger partial charge in [0.05, 0.1) is 12.0 Å². The van der Waals surface area contributed by atoms with E-state index in [0.717, 1.165) is 0 Å². The molecule has 4 amide bonds. The quantitative estimate of drug-likeness (QED) is 0.329. The van der Waals surface area contributed by atoms with Crippen molar-refractivity contribution in [2.24, 2.45) is 0 Å². The second-order valence-electron chi connectivity index (χ2n) is 5.92. The van der Waals surface area contributed by atoms with Gasteiger partial charge in [-0.05, 0) is 41.5 Å². The first-order valence-electron chi connectivity index (χ1n) is 8.30. The first kappa shape index (κ1) is 19.5. The molecule has 0 unspecified atom stereocenters. The van der Waals surface area contributed by atoms with Gasteiger partial charge in [0.1, 0.15) is 12.2 Å². The van der Waals surface area contributed by atoms with Crippen molar-refractivity contribution in [1.29, 1.82) is 0 Å². The zero-order valence-electron chi connectivity index (χ0n) is 15.1. The van der Waals surface area contributed by atoms with Crippen LogP contribution in [0.4, 0.5) is 10.5 Å². The van der Waals surface area contributed by atoms with Crippen molar-refractivity contribution in [3.8, 4) is 11.5 Å². The molecule has 2 N–H and O–H groups in total. The van der Waals surface area contributed by atoms with Gasteiger partial charge < -0.3 is 9.47 Å². The van der Waals surface area contributed by atoms with Gasteiger partial charge in [-0.15, -0.1) is 0 Å². The van der Waals surface area contributed by atoms with Crippen molar-refractivity contribution in [2.75, 3.05) is 7.11 Å². The summed E-state index contributed by atoms with van der Waals surface area (Å²) < 4.78 is 11.0. The number of nitrogens with one attached hydrogen (secondary N) is 2. The van der Waals surface area contributed by atoms with Crippen LogP contribution in [-0.2, 0) is 16.2 Å². The smallest absolute Gasteiger partial charge is 0.328 e. The number of methoxy groups -OCH3 is 1. The number of hydrogen-bond acceptors (Lipinski definition) is 7. The predicted molar refractivity (Wildman–Crippen MR) is 100 cm³/mol. The molecule has 0 spiro atoms. The number of barbiturate groups is 1. The van der Waals surface area contributed by atoms with Crippen LogP contribution < -0.4 is 20.1 Å². The summed E-state index contributed by atoms with van der Waals surface area (Å²) in [5, 5.41) is 14.7. The number of imide groups is 2. The number of carbonyl (C=O) groups excluding carboxylic acids is 3. The number of ether oxygens (including phenoxy) is 2. The molecule has 1 fully saturated rings. The van der Waals surface area contributed by atoms with Gasteiger partial charge in [0.25, 0.3) is 17.5 Å². The molecule has 1 heterocycles. The van der Waals surface area contributed by atoms with E-state index in [1.807, 2.05) is 10.6 Å². The zero-order chi connectivity index (χ0) is 21.0. The maximum Gasteiger partial charge on any atom is 0.328 e. The lowest BCUT2D eigenvalue weighted by Gasteiger charge is -2.15. The maximum absolute atomic E-state index is 11.8. The number of non-ortho nitro benzene ring substituents is 1. The first-order chi connectivity index (χ1) is 13.9. The number of carbonyl (C=O) groups is 3. The van der Waals surface area contributed by atoms with Crippen molar-refractivity contribution in [3.05, 3.63) is 69.3 Å². The molecule has 3 rings (SSSR count). The normalized spacial score (nSPS) is 13.4. The molecule has 0 aromatic heterocycles. The third kappa shape index (κ3) is 4.56. The highest BCUT2D eigenvalue weighted by Crippen LogP contribution is 2.30. The molecule has 2 aromatic carbocycles. The Hall–Kier alpha value is -4.21. The molecule has 0 radical (unpaired) electrons. The predicted octanol–water partition coefficient (Wildman–Crippen LogP) is 1.93. The van der Waals surface area contributed by atoms with Gasteiger partial charge in [0, 0.05) is 12.1 Å². The van der Waals surface area contributed by atoms with Crippen LogP contribution in [0.1, 0.15) is 11.1 Å². The number of benzene rings is 2. The van der Waals surface area contributed by atoms with Crippen LogP contribution in [0.2, 0.25) is 0 Å². The highest BCUT2D eigenvalue weighted by Gasteiger charge is 2.27. The third-order valence-corrected chi connectivity index (χ3v) is 3.98. The second-order valence-corrected chi connectivity index (χ2v) is 5.92. The summed E-state index contributed by atoms with van der Waals surface area (Å²) in [5.74, 6) is -0.847. The lowest BCUT2D eigenvalue weighted by atomic mass is 10.1. The fourth-order valence-electron chi connectivity index (χ4n) is 2.54. The Bertz CT molecular complexity index is 1010. The molecule has 2 aromatic rings. The van der Waals surface area contributed by atoms with Crippen LogP contribution in [0.25, 0.3) is 6.08 Å². The van der Waals surface area contributed by atoms with E-state index >= 15 is 0 Å². The molecule has 148 valence electrons. The standard InChI is InChI=1S/C19H15N3O7/c1-28-15-7-4-12(8-14-17(23)20-19(25)21-18(14)24)9-16(15)29-10-11-2-5-13(6-3-11)22(26)27/h2-9H,10H2,1H3,(H2,20,21,23,24,25). The van der Waals surface area contributed by atoms with E-state index in [1.165, 1.54) is 25.3 Å². The first-order valence-corrected chi connectivity index (χ1v) is 8.30. The number of rotatable bonds is 6. The van der Waals surface area contributed by atoms with Crippen LogP contribution in [0, 0.1) is 10.1 Å². The Morgan fingerprint density at radius 2 is 1.66 bits per heavy atom. The summed E-state index contributed by atoms with van der Waals surface area (Å²) in [5.41, 5.74) is 0.920. The van der Waals surface area contributed by atoms with Crippen molar-refractivity contribution < 1.29 is 28.8 Å². The van der Waals surface area contributed by atoms with Crippen LogP contribution in [0.5, 0.6) is 11.5 Å². The van der Waals surface area contributed by atoms with E-state index in [9.17, 15) is 24.5 Å². The van der Waals surface area contributed by atoms with Crippen molar-refractivity contribution in [3.63, 3.8) is 0 Å². The number of amides is 4. The van der Waals surface area contributed by atoms with Crippen LogP contribution in [0.3, 0.4) is 0 Å². The van der Waals surface area contributed by atoms with Gasteiger partial charge in [-0.1, -0.05) is 6.07 Å². The average molecular weight is 397 g/mol. The number of nitrogens with zero attached hydrogens (tertiary/aromatic N) is 1. The van der Waals surface area contributed by atoms with Crippen LogP contribution in [0.15, 0.2) is 48.0 Å². The van der Waals surface area contributed by atoms with E-state index < -0.39 is 22.8 Å². The van der Waals surface area contributed by atoms with Gasteiger partial charge in [-0.25, -0.2) is 4.79 Å². The molecular weight excluding hydrogens is 382 g/mol. The van der Waals surface area contributed by atoms with Crippen LogP contribution >= 0.6 is 0 Å². The molecule has 0 aliphatic carbocycles. The minimum atomic E-state index is -0.876. The molecule has 0 atom stereocenters. The third-order valence-electron chi connectivity index (χ3n) is 3.98. The lowest BCUT2D eigenvalue weighted by molar-refractivity contribution is -0.384. The number of urea groups is 1. The molecule has 0 saturated carbocycles. The summed E-state index contributed by atoms with van der Waals surface area (Å²) in [4.78, 5) is 45.1. The fraction of sp³-hybridized carbons (Fsp3) is 0.105. The SMILES string of the molecule is COc1ccc(C=C2C(=O)NC(=O)NC2=O)cc1OCc1ccc([N+](=O)[O-])cc1. The second kappa shape index (κ2) is 8.21. The minimum absolute atomic E-state index is 0.0255. The van der Waals surface area contributed by atoms with Gasteiger partial charge >= 0.3 is 6.03 Å². The van der Waals surface area contributed by atoms with Crippen molar-refractivity contribution in [2.45, 2.75) is 6.61 Å². The van der Waals surface area contributed by atoms with Crippen molar-refractivity contribution >= 4 is 29.6 Å². The van der Waals surface area contributed by atoms with E-state index in [-0.39, 0.29) is 17.9 Å². The molecule has 1 saturated heterocycles. The Balaban J connectivity index is 1.81. The largest absolute Gasteiger partial charge is 0.493 e. The summed E-state index contributed by atoms with van der Waals surface area (Å²) in [6.07, 6.45) is 1.31. The summed E-state index contributed by atoms with van der Waals surface area (Å²) in [6.45, 7) is 0.115. The van der Waals surface area contributed by atoms with Gasteiger partial charge in [-0.3, -0.25) is 30.3 Å². The fourth-order valence-corrected chi connectivity index (χ4v) is 2.54.